The van der Waals surface area contributed by atoms with Crippen LogP contribution in [-0.4, -0.2) is 12.6 Å². The lowest BCUT2D eigenvalue weighted by Gasteiger charge is -2.32. The molecule has 2 N–H and O–H groups in total. The summed E-state index contributed by atoms with van der Waals surface area (Å²) in [6.07, 6.45) is 2.42. The fraction of sp³-hybridized carbons (Fsp3) is 0.625. The Hall–Kier alpha value is -1.09. The van der Waals surface area contributed by atoms with Crippen LogP contribution >= 0.6 is 0 Å². The van der Waals surface area contributed by atoms with Gasteiger partial charge in [-0.15, -0.1) is 0 Å². The van der Waals surface area contributed by atoms with Gasteiger partial charge in [-0.1, -0.05) is 13.8 Å². The molecule has 1 unspecified atom stereocenters. The van der Waals surface area contributed by atoms with Crippen molar-refractivity contribution < 1.29 is 4.39 Å². The molecule has 0 bridgehead atoms. The standard InChI is InChI=1S/C16H25FN2/c1-10(2)15-6-5-7-19(15)16-8-11(3)14(17)9-13(16)12(4)18/h8-10,12,15H,5-7,18H2,1-4H3/t12-,15?/m0/s1. The van der Waals surface area contributed by atoms with Crippen LogP contribution in [0.1, 0.15) is 50.8 Å². The SMILES string of the molecule is Cc1cc(N2CCCC2C(C)C)c([C@H](C)N)cc1F. The summed E-state index contributed by atoms with van der Waals surface area (Å²) in [6.45, 7) is 9.31. The lowest BCUT2D eigenvalue weighted by molar-refractivity contribution is 0.490. The fourth-order valence-electron chi connectivity index (χ4n) is 3.08. The van der Waals surface area contributed by atoms with Gasteiger partial charge in [-0.2, -0.15) is 0 Å². The summed E-state index contributed by atoms with van der Waals surface area (Å²) >= 11 is 0. The molecule has 3 heteroatoms. The Morgan fingerprint density at radius 2 is 2.00 bits per heavy atom. The molecule has 1 fully saturated rings. The highest BCUT2D eigenvalue weighted by molar-refractivity contribution is 5.58. The molecule has 1 aliphatic heterocycles. The van der Waals surface area contributed by atoms with Crippen molar-refractivity contribution in [2.24, 2.45) is 11.7 Å². The van der Waals surface area contributed by atoms with E-state index in [9.17, 15) is 4.39 Å². The Labute approximate surface area is 115 Å². The van der Waals surface area contributed by atoms with Gasteiger partial charge >= 0.3 is 0 Å². The number of nitrogens with zero attached hydrogens (tertiary/aromatic N) is 1. The molecule has 1 aromatic carbocycles. The second-order valence-electron chi connectivity index (χ2n) is 6.10. The van der Waals surface area contributed by atoms with Gasteiger partial charge < -0.3 is 10.6 Å². The van der Waals surface area contributed by atoms with E-state index >= 15 is 0 Å². The van der Waals surface area contributed by atoms with E-state index in [0.29, 0.717) is 17.5 Å². The summed E-state index contributed by atoms with van der Waals surface area (Å²) < 4.78 is 13.8. The number of anilines is 1. The van der Waals surface area contributed by atoms with Gasteiger partial charge in [0.15, 0.2) is 0 Å². The number of nitrogens with two attached hydrogens (primary N) is 1. The highest BCUT2D eigenvalue weighted by Gasteiger charge is 2.29. The highest BCUT2D eigenvalue weighted by Crippen LogP contribution is 2.35. The quantitative estimate of drug-likeness (QED) is 0.900. The van der Waals surface area contributed by atoms with E-state index in [1.807, 2.05) is 19.9 Å². The zero-order valence-corrected chi connectivity index (χ0v) is 12.4. The largest absolute Gasteiger partial charge is 0.368 e. The van der Waals surface area contributed by atoms with Crippen LogP contribution in [0.25, 0.3) is 0 Å². The van der Waals surface area contributed by atoms with Crippen molar-refractivity contribution in [1.29, 1.82) is 0 Å². The highest BCUT2D eigenvalue weighted by atomic mass is 19.1. The molecule has 106 valence electrons. The Morgan fingerprint density at radius 1 is 1.32 bits per heavy atom. The van der Waals surface area contributed by atoms with Crippen LogP contribution < -0.4 is 10.6 Å². The molecule has 2 atom stereocenters. The van der Waals surface area contributed by atoms with Crippen molar-refractivity contribution in [3.63, 3.8) is 0 Å². The Bertz CT molecular complexity index is 454. The first-order chi connectivity index (χ1) is 8.91. The molecule has 1 aromatic rings. The monoisotopic (exact) mass is 264 g/mol. The molecule has 1 heterocycles. The number of rotatable bonds is 3. The second kappa shape index (κ2) is 5.49. The molecule has 19 heavy (non-hydrogen) atoms. The minimum atomic E-state index is -0.156. The van der Waals surface area contributed by atoms with Crippen LogP contribution in [0, 0.1) is 18.7 Å². The van der Waals surface area contributed by atoms with E-state index in [-0.39, 0.29) is 11.9 Å². The number of benzene rings is 1. The Kier molecular flexibility index (Phi) is 4.14. The van der Waals surface area contributed by atoms with Crippen molar-refractivity contribution >= 4 is 5.69 Å². The second-order valence-corrected chi connectivity index (χ2v) is 6.10. The summed E-state index contributed by atoms with van der Waals surface area (Å²) in [7, 11) is 0. The molecule has 0 amide bonds. The van der Waals surface area contributed by atoms with Crippen LogP contribution in [0.4, 0.5) is 10.1 Å². The van der Waals surface area contributed by atoms with E-state index in [1.165, 1.54) is 12.8 Å². The van der Waals surface area contributed by atoms with Gasteiger partial charge in [-0.25, -0.2) is 4.39 Å². The zero-order chi connectivity index (χ0) is 14.2. The maximum Gasteiger partial charge on any atom is 0.126 e. The molecular formula is C16H25FN2. The molecule has 1 saturated heterocycles. The third-order valence-electron chi connectivity index (χ3n) is 4.18. The van der Waals surface area contributed by atoms with Gasteiger partial charge in [0.05, 0.1) is 0 Å². The molecule has 0 spiro atoms. The van der Waals surface area contributed by atoms with E-state index in [0.717, 1.165) is 17.8 Å². The van der Waals surface area contributed by atoms with Gasteiger partial charge in [-0.3, -0.25) is 0 Å². The lowest BCUT2D eigenvalue weighted by Crippen LogP contribution is -2.34. The molecule has 2 rings (SSSR count). The maximum atomic E-state index is 13.8. The zero-order valence-electron chi connectivity index (χ0n) is 12.4. The average Bonchev–Trinajstić information content (AvgIpc) is 2.80. The predicted octanol–water partition coefficient (Wildman–Crippen LogP) is 3.78. The Morgan fingerprint density at radius 3 is 2.58 bits per heavy atom. The third-order valence-corrected chi connectivity index (χ3v) is 4.18. The lowest BCUT2D eigenvalue weighted by atomic mass is 9.98. The van der Waals surface area contributed by atoms with Crippen LogP contribution in [0.5, 0.6) is 0 Å². The molecule has 0 aromatic heterocycles. The van der Waals surface area contributed by atoms with Crippen LogP contribution in [0.3, 0.4) is 0 Å². The summed E-state index contributed by atoms with van der Waals surface area (Å²) in [5.74, 6) is 0.449. The van der Waals surface area contributed by atoms with Gasteiger partial charge in [0.1, 0.15) is 5.82 Å². The molecule has 0 saturated carbocycles. The van der Waals surface area contributed by atoms with Crippen molar-refractivity contribution in [3.05, 3.63) is 29.1 Å². The number of aryl methyl sites for hydroxylation is 1. The van der Waals surface area contributed by atoms with E-state index < -0.39 is 0 Å². The minimum absolute atomic E-state index is 0.140. The predicted molar refractivity (Wildman–Crippen MR) is 78.9 cm³/mol. The van der Waals surface area contributed by atoms with E-state index in [4.69, 9.17) is 5.73 Å². The molecule has 2 nitrogen and oxygen atoms in total. The molecular weight excluding hydrogens is 239 g/mol. The normalized spacial score (nSPS) is 21.2. The van der Waals surface area contributed by atoms with Crippen LogP contribution in [0.2, 0.25) is 0 Å². The first kappa shape index (κ1) is 14.3. The minimum Gasteiger partial charge on any atom is -0.368 e. The third kappa shape index (κ3) is 2.76. The first-order valence-electron chi connectivity index (χ1n) is 7.24. The van der Waals surface area contributed by atoms with E-state index in [2.05, 4.69) is 18.7 Å². The summed E-state index contributed by atoms with van der Waals surface area (Å²) in [4.78, 5) is 2.43. The van der Waals surface area contributed by atoms with Gasteiger partial charge in [0.25, 0.3) is 0 Å². The molecule has 1 aliphatic rings. The number of hydrogen-bond donors (Lipinski definition) is 1. The van der Waals surface area contributed by atoms with Crippen LogP contribution in [-0.2, 0) is 0 Å². The maximum absolute atomic E-state index is 13.8. The Balaban J connectivity index is 2.45. The van der Waals surface area contributed by atoms with Crippen molar-refractivity contribution in [1.82, 2.24) is 0 Å². The van der Waals surface area contributed by atoms with Crippen molar-refractivity contribution in [2.45, 2.75) is 52.6 Å². The average molecular weight is 264 g/mol. The van der Waals surface area contributed by atoms with Gasteiger partial charge in [-0.05, 0) is 55.9 Å². The smallest absolute Gasteiger partial charge is 0.126 e. The first-order valence-corrected chi connectivity index (χ1v) is 7.24. The molecule has 0 radical (unpaired) electrons. The van der Waals surface area contributed by atoms with Gasteiger partial charge in [0, 0.05) is 24.3 Å². The van der Waals surface area contributed by atoms with E-state index in [1.54, 1.807) is 6.07 Å². The van der Waals surface area contributed by atoms with Gasteiger partial charge in [0.2, 0.25) is 0 Å². The van der Waals surface area contributed by atoms with Crippen molar-refractivity contribution in [2.75, 3.05) is 11.4 Å². The van der Waals surface area contributed by atoms with Crippen LogP contribution in [0.15, 0.2) is 12.1 Å². The summed E-state index contributed by atoms with van der Waals surface area (Å²) in [5, 5.41) is 0. The summed E-state index contributed by atoms with van der Waals surface area (Å²) in [6, 6.07) is 3.99. The summed E-state index contributed by atoms with van der Waals surface area (Å²) in [5.41, 5.74) is 8.79. The molecule has 0 aliphatic carbocycles. The van der Waals surface area contributed by atoms with Crippen molar-refractivity contribution in [3.8, 4) is 0 Å². The fourth-order valence-corrected chi connectivity index (χ4v) is 3.08. The topological polar surface area (TPSA) is 29.3 Å². The number of hydrogen-bond acceptors (Lipinski definition) is 2. The number of halogens is 1.